The average Bonchev–Trinajstić information content (AvgIpc) is 3.36. The van der Waals surface area contributed by atoms with Gasteiger partial charge >= 0.3 is 17.8 Å². The maximum absolute atomic E-state index is 12.0. The van der Waals surface area contributed by atoms with Gasteiger partial charge in [-0.2, -0.15) is 4.98 Å². The van der Waals surface area contributed by atoms with Crippen LogP contribution in [0.3, 0.4) is 0 Å². The Morgan fingerprint density at radius 3 is 2.81 bits per heavy atom. The molecule has 0 aliphatic carbocycles. The standard InChI is InChI=1S/C17H19N3O6/c1-23-17(22)11-4-6-12(7-5-11)25-10-14-19-16(26-20-14)15(21)18-9-13-3-2-8-24-13/h4-7,13H,2-3,8-10H2,1H3,(H,18,21)/t13-/m0/s1. The third kappa shape index (κ3) is 4.57. The van der Waals surface area contributed by atoms with E-state index in [2.05, 4.69) is 20.2 Å². The lowest BCUT2D eigenvalue weighted by Gasteiger charge is -2.08. The van der Waals surface area contributed by atoms with Gasteiger partial charge in [0.05, 0.1) is 18.8 Å². The van der Waals surface area contributed by atoms with E-state index < -0.39 is 11.9 Å². The first-order valence-corrected chi connectivity index (χ1v) is 8.19. The molecule has 26 heavy (non-hydrogen) atoms. The molecule has 0 spiro atoms. The smallest absolute Gasteiger partial charge is 0.337 e. The van der Waals surface area contributed by atoms with Gasteiger partial charge in [0.2, 0.25) is 5.82 Å². The van der Waals surface area contributed by atoms with E-state index in [0.29, 0.717) is 17.9 Å². The zero-order valence-corrected chi connectivity index (χ0v) is 14.3. The first-order chi connectivity index (χ1) is 12.7. The second kappa shape index (κ2) is 8.43. The molecular formula is C17H19N3O6. The highest BCUT2D eigenvalue weighted by molar-refractivity contribution is 5.89. The molecule has 1 aliphatic heterocycles. The van der Waals surface area contributed by atoms with Crippen LogP contribution in [-0.2, 0) is 16.1 Å². The molecule has 1 fully saturated rings. The minimum Gasteiger partial charge on any atom is -0.485 e. The number of methoxy groups -OCH3 is 1. The predicted octanol–water partition coefficient (Wildman–Crippen LogP) is 1.34. The molecular weight excluding hydrogens is 342 g/mol. The van der Waals surface area contributed by atoms with Crippen molar-refractivity contribution in [2.45, 2.75) is 25.6 Å². The van der Waals surface area contributed by atoms with E-state index in [0.717, 1.165) is 19.4 Å². The fraction of sp³-hybridized carbons (Fsp3) is 0.412. The van der Waals surface area contributed by atoms with E-state index in [1.807, 2.05) is 0 Å². The van der Waals surface area contributed by atoms with E-state index in [1.165, 1.54) is 7.11 Å². The van der Waals surface area contributed by atoms with Crippen molar-refractivity contribution in [3.8, 4) is 5.75 Å². The van der Waals surface area contributed by atoms with Gasteiger partial charge < -0.3 is 24.1 Å². The SMILES string of the molecule is COC(=O)c1ccc(OCc2noc(C(=O)NC[C@@H]3CCCO3)n2)cc1. The minimum absolute atomic E-state index is 0.0279. The Bertz CT molecular complexity index is 752. The number of ether oxygens (including phenoxy) is 3. The fourth-order valence-corrected chi connectivity index (χ4v) is 2.45. The number of amides is 1. The molecule has 0 unspecified atom stereocenters. The van der Waals surface area contributed by atoms with Gasteiger partial charge in [-0.3, -0.25) is 4.79 Å². The van der Waals surface area contributed by atoms with Gasteiger partial charge in [-0.15, -0.1) is 0 Å². The third-order valence-corrected chi connectivity index (χ3v) is 3.82. The van der Waals surface area contributed by atoms with Crippen LogP contribution >= 0.6 is 0 Å². The van der Waals surface area contributed by atoms with Crippen LogP contribution in [0, 0.1) is 0 Å². The van der Waals surface area contributed by atoms with Crippen molar-refractivity contribution in [3.63, 3.8) is 0 Å². The second-order valence-corrected chi connectivity index (χ2v) is 5.67. The number of hydrogen-bond donors (Lipinski definition) is 1. The molecule has 1 N–H and O–H groups in total. The Kier molecular flexibility index (Phi) is 5.80. The van der Waals surface area contributed by atoms with Crippen molar-refractivity contribution in [2.24, 2.45) is 0 Å². The van der Waals surface area contributed by atoms with Crippen molar-refractivity contribution in [3.05, 3.63) is 41.5 Å². The summed E-state index contributed by atoms with van der Waals surface area (Å²) in [6.45, 7) is 1.17. The summed E-state index contributed by atoms with van der Waals surface area (Å²) in [6, 6.07) is 6.42. The summed E-state index contributed by atoms with van der Waals surface area (Å²) in [6.07, 6.45) is 1.97. The molecule has 1 aliphatic rings. The van der Waals surface area contributed by atoms with Crippen molar-refractivity contribution < 1.29 is 28.3 Å². The Labute approximate surface area is 149 Å². The van der Waals surface area contributed by atoms with Crippen molar-refractivity contribution >= 4 is 11.9 Å². The first kappa shape index (κ1) is 17.9. The summed E-state index contributed by atoms with van der Waals surface area (Å²) < 4.78 is 20.5. The number of carbonyl (C=O) groups is 2. The van der Waals surface area contributed by atoms with Gasteiger partial charge in [0, 0.05) is 13.2 Å². The maximum Gasteiger partial charge on any atom is 0.337 e. The van der Waals surface area contributed by atoms with Crippen LogP contribution in [0.25, 0.3) is 0 Å². The Morgan fingerprint density at radius 2 is 2.12 bits per heavy atom. The van der Waals surface area contributed by atoms with Crippen LogP contribution in [0.2, 0.25) is 0 Å². The van der Waals surface area contributed by atoms with Crippen molar-refractivity contribution in [1.29, 1.82) is 0 Å². The molecule has 1 atom stereocenters. The molecule has 9 nitrogen and oxygen atoms in total. The van der Waals surface area contributed by atoms with Crippen LogP contribution < -0.4 is 10.1 Å². The van der Waals surface area contributed by atoms with Gasteiger partial charge in [0.15, 0.2) is 6.61 Å². The number of hydrogen-bond acceptors (Lipinski definition) is 8. The summed E-state index contributed by atoms with van der Waals surface area (Å²) in [5.74, 6) is -0.228. The van der Waals surface area contributed by atoms with Crippen LogP contribution in [-0.4, -0.2) is 48.4 Å². The zero-order chi connectivity index (χ0) is 18.4. The molecule has 2 heterocycles. The molecule has 1 aromatic carbocycles. The van der Waals surface area contributed by atoms with E-state index in [-0.39, 0.29) is 24.4 Å². The highest BCUT2D eigenvalue weighted by Crippen LogP contribution is 2.14. The van der Waals surface area contributed by atoms with Gasteiger partial charge in [-0.1, -0.05) is 5.16 Å². The minimum atomic E-state index is -0.443. The fourth-order valence-electron chi connectivity index (χ4n) is 2.45. The number of benzene rings is 1. The monoisotopic (exact) mass is 361 g/mol. The van der Waals surface area contributed by atoms with E-state index in [9.17, 15) is 9.59 Å². The molecule has 0 radical (unpaired) electrons. The molecule has 0 bridgehead atoms. The number of esters is 1. The topological polar surface area (TPSA) is 113 Å². The van der Waals surface area contributed by atoms with Crippen molar-refractivity contribution in [1.82, 2.24) is 15.5 Å². The van der Waals surface area contributed by atoms with Crippen LogP contribution in [0.5, 0.6) is 5.75 Å². The number of nitrogens with one attached hydrogen (secondary N) is 1. The normalized spacial score (nSPS) is 16.3. The number of nitrogens with zero attached hydrogens (tertiary/aromatic N) is 2. The molecule has 1 aromatic heterocycles. The predicted molar refractivity (Wildman–Crippen MR) is 87.7 cm³/mol. The summed E-state index contributed by atoms with van der Waals surface area (Å²) in [5.41, 5.74) is 0.421. The molecule has 2 aromatic rings. The van der Waals surface area contributed by atoms with Crippen LogP contribution in [0.1, 0.15) is 39.7 Å². The second-order valence-electron chi connectivity index (χ2n) is 5.67. The quantitative estimate of drug-likeness (QED) is 0.735. The van der Waals surface area contributed by atoms with Gasteiger partial charge in [0.25, 0.3) is 0 Å². The molecule has 1 saturated heterocycles. The van der Waals surface area contributed by atoms with E-state index >= 15 is 0 Å². The molecule has 3 rings (SSSR count). The molecule has 138 valence electrons. The Balaban J connectivity index is 1.48. The lowest BCUT2D eigenvalue weighted by molar-refractivity contribution is 0.0600. The van der Waals surface area contributed by atoms with E-state index in [1.54, 1.807) is 24.3 Å². The van der Waals surface area contributed by atoms with Crippen LogP contribution in [0.4, 0.5) is 0 Å². The largest absolute Gasteiger partial charge is 0.485 e. The van der Waals surface area contributed by atoms with Crippen molar-refractivity contribution in [2.75, 3.05) is 20.3 Å². The lowest BCUT2D eigenvalue weighted by atomic mass is 10.2. The average molecular weight is 361 g/mol. The summed E-state index contributed by atoms with van der Waals surface area (Å²) >= 11 is 0. The molecule has 0 saturated carbocycles. The van der Waals surface area contributed by atoms with Gasteiger partial charge in [0.1, 0.15) is 5.75 Å². The summed E-state index contributed by atoms with van der Waals surface area (Å²) in [7, 11) is 1.32. The number of aromatic nitrogens is 2. The first-order valence-electron chi connectivity index (χ1n) is 8.19. The van der Waals surface area contributed by atoms with Crippen LogP contribution in [0.15, 0.2) is 28.8 Å². The third-order valence-electron chi connectivity index (χ3n) is 3.82. The molecule has 1 amide bonds. The summed E-state index contributed by atoms with van der Waals surface area (Å²) in [4.78, 5) is 27.3. The summed E-state index contributed by atoms with van der Waals surface area (Å²) in [5, 5.41) is 6.42. The highest BCUT2D eigenvalue weighted by Gasteiger charge is 2.20. The Morgan fingerprint density at radius 1 is 1.31 bits per heavy atom. The Hall–Kier alpha value is -2.94. The molecule has 9 heteroatoms. The van der Waals surface area contributed by atoms with Gasteiger partial charge in [-0.05, 0) is 37.1 Å². The van der Waals surface area contributed by atoms with E-state index in [4.69, 9.17) is 14.0 Å². The zero-order valence-electron chi connectivity index (χ0n) is 14.3. The number of carbonyl (C=O) groups excluding carboxylic acids is 2. The number of rotatable bonds is 7. The maximum atomic E-state index is 12.0. The van der Waals surface area contributed by atoms with Gasteiger partial charge in [-0.25, -0.2) is 4.79 Å². The lowest BCUT2D eigenvalue weighted by Crippen LogP contribution is -2.31. The highest BCUT2D eigenvalue weighted by atomic mass is 16.5.